The van der Waals surface area contributed by atoms with Gasteiger partial charge in [0.2, 0.25) is 5.91 Å². The van der Waals surface area contributed by atoms with Gasteiger partial charge in [-0.1, -0.05) is 24.3 Å². The number of carboxylic acid groups (broad SMARTS) is 1. The van der Waals surface area contributed by atoms with Crippen molar-refractivity contribution in [3.8, 4) is 0 Å². The maximum atomic E-state index is 12.5. The van der Waals surface area contributed by atoms with Gasteiger partial charge in [0.25, 0.3) is 0 Å². The summed E-state index contributed by atoms with van der Waals surface area (Å²) < 4.78 is 0. The molecule has 118 valence electrons. The number of nitrogens with one attached hydrogen (secondary N) is 1. The van der Waals surface area contributed by atoms with E-state index in [4.69, 9.17) is 0 Å². The van der Waals surface area contributed by atoms with Crippen LogP contribution in [-0.2, 0) is 9.59 Å². The topological polar surface area (TPSA) is 66.4 Å². The maximum Gasteiger partial charge on any atom is 0.329 e. The van der Waals surface area contributed by atoms with Gasteiger partial charge in [0.1, 0.15) is 5.54 Å². The highest BCUT2D eigenvalue weighted by atomic mass is 32.2. The Labute approximate surface area is 134 Å². The minimum atomic E-state index is -1.05. The van der Waals surface area contributed by atoms with Crippen molar-refractivity contribution in [2.45, 2.75) is 37.6 Å². The van der Waals surface area contributed by atoms with Crippen LogP contribution in [0.4, 0.5) is 0 Å². The maximum absolute atomic E-state index is 12.5. The van der Waals surface area contributed by atoms with Crippen LogP contribution in [0.3, 0.4) is 0 Å². The van der Waals surface area contributed by atoms with Crippen LogP contribution in [0.2, 0.25) is 0 Å². The number of amides is 1. The number of benzene rings is 1. The van der Waals surface area contributed by atoms with Crippen molar-refractivity contribution in [3.05, 3.63) is 35.4 Å². The third-order valence-corrected chi connectivity index (χ3v) is 5.82. The highest BCUT2D eigenvalue weighted by Gasteiger charge is 2.49. The number of thioether (sulfide) groups is 1. The van der Waals surface area contributed by atoms with Crippen molar-refractivity contribution < 1.29 is 14.7 Å². The quantitative estimate of drug-likeness (QED) is 0.895. The molecular formula is C17H21NO3S. The number of aliphatic carboxylic acids is 1. The molecule has 2 unspecified atom stereocenters. The summed E-state index contributed by atoms with van der Waals surface area (Å²) in [5.41, 5.74) is 1.36. The molecule has 1 aromatic carbocycles. The lowest BCUT2D eigenvalue weighted by Crippen LogP contribution is -2.57. The van der Waals surface area contributed by atoms with E-state index in [-0.39, 0.29) is 17.7 Å². The van der Waals surface area contributed by atoms with Gasteiger partial charge in [-0.05, 0) is 54.7 Å². The molecule has 0 bridgehead atoms. The van der Waals surface area contributed by atoms with E-state index in [1.807, 2.05) is 12.1 Å². The molecule has 5 heteroatoms. The number of carboxylic acids is 1. The van der Waals surface area contributed by atoms with E-state index in [2.05, 4.69) is 24.4 Å². The zero-order valence-electron chi connectivity index (χ0n) is 12.7. The molecule has 1 aromatic rings. The molecule has 1 aliphatic carbocycles. The van der Waals surface area contributed by atoms with E-state index in [1.165, 1.54) is 11.1 Å². The molecule has 1 amide bonds. The summed E-state index contributed by atoms with van der Waals surface area (Å²) >= 11 is 1.75. The molecule has 3 rings (SSSR count). The van der Waals surface area contributed by atoms with Gasteiger partial charge in [0, 0.05) is 5.92 Å². The fourth-order valence-corrected chi connectivity index (χ4v) is 4.46. The minimum absolute atomic E-state index is 0.0769. The molecule has 2 N–H and O–H groups in total. The second kappa shape index (κ2) is 5.95. The Morgan fingerprint density at radius 2 is 1.95 bits per heavy atom. The molecule has 1 aliphatic heterocycles. The molecule has 4 nitrogen and oxygen atoms in total. The molecule has 0 radical (unpaired) electrons. The van der Waals surface area contributed by atoms with Crippen LogP contribution in [0.1, 0.15) is 36.3 Å². The second-order valence-electron chi connectivity index (χ2n) is 6.29. The molecule has 0 aromatic heterocycles. The van der Waals surface area contributed by atoms with Gasteiger partial charge in [0.05, 0.1) is 0 Å². The largest absolute Gasteiger partial charge is 0.480 e. The van der Waals surface area contributed by atoms with E-state index >= 15 is 0 Å². The number of aryl methyl sites for hydroxylation is 1. The first-order chi connectivity index (χ1) is 10.5. The molecule has 2 fully saturated rings. The predicted molar refractivity (Wildman–Crippen MR) is 87.1 cm³/mol. The Hall–Kier alpha value is -1.49. The van der Waals surface area contributed by atoms with Gasteiger partial charge in [-0.3, -0.25) is 4.79 Å². The number of hydrogen-bond acceptors (Lipinski definition) is 3. The van der Waals surface area contributed by atoms with Gasteiger partial charge in [-0.15, -0.1) is 0 Å². The van der Waals surface area contributed by atoms with Crippen molar-refractivity contribution in [1.82, 2.24) is 5.32 Å². The summed E-state index contributed by atoms with van der Waals surface area (Å²) in [7, 11) is 0. The predicted octanol–water partition coefficient (Wildman–Crippen LogP) is 2.57. The van der Waals surface area contributed by atoms with Crippen molar-refractivity contribution >= 4 is 23.6 Å². The van der Waals surface area contributed by atoms with E-state index in [0.717, 1.165) is 17.9 Å². The standard InChI is InChI=1S/C17H21NO3S/c1-11-4-2-3-5-12(11)13-10-14(13)15(19)18-17(16(20)21)6-8-22-9-7-17/h2-5,13-14H,6-10H2,1H3,(H,18,19)(H,20,21). The summed E-state index contributed by atoms with van der Waals surface area (Å²) in [4.78, 5) is 24.1. The van der Waals surface area contributed by atoms with Crippen LogP contribution in [0, 0.1) is 12.8 Å². The lowest BCUT2D eigenvalue weighted by molar-refractivity contribution is -0.148. The lowest BCUT2D eigenvalue weighted by Gasteiger charge is -2.33. The molecule has 1 saturated heterocycles. The number of carbonyl (C=O) groups is 2. The van der Waals surface area contributed by atoms with Crippen LogP contribution in [0.15, 0.2) is 24.3 Å². The monoisotopic (exact) mass is 319 g/mol. The van der Waals surface area contributed by atoms with Crippen LogP contribution in [0.25, 0.3) is 0 Å². The summed E-state index contributed by atoms with van der Waals surface area (Å²) in [5, 5.41) is 12.4. The SMILES string of the molecule is Cc1ccccc1C1CC1C(=O)NC1(C(=O)O)CCSCC1. The van der Waals surface area contributed by atoms with Crippen molar-refractivity contribution in [2.24, 2.45) is 5.92 Å². The first-order valence-corrected chi connectivity index (χ1v) is 8.88. The molecule has 1 heterocycles. The summed E-state index contributed by atoms with van der Waals surface area (Å²) in [6.45, 7) is 2.06. The Bertz CT molecular complexity index is 595. The summed E-state index contributed by atoms with van der Waals surface area (Å²) in [6, 6.07) is 8.11. The van der Waals surface area contributed by atoms with Gasteiger partial charge in [-0.25, -0.2) is 4.79 Å². The Balaban J connectivity index is 1.68. The molecule has 1 saturated carbocycles. The third-order valence-electron chi connectivity index (χ3n) is 4.83. The van der Waals surface area contributed by atoms with Gasteiger partial charge >= 0.3 is 5.97 Å². The average Bonchev–Trinajstić information content (AvgIpc) is 3.29. The van der Waals surface area contributed by atoms with E-state index < -0.39 is 11.5 Å². The third kappa shape index (κ3) is 2.86. The number of rotatable bonds is 4. The molecule has 2 atom stereocenters. The highest BCUT2D eigenvalue weighted by molar-refractivity contribution is 7.99. The van der Waals surface area contributed by atoms with Gasteiger partial charge < -0.3 is 10.4 Å². The van der Waals surface area contributed by atoms with Crippen LogP contribution < -0.4 is 5.32 Å². The van der Waals surface area contributed by atoms with Crippen LogP contribution in [-0.4, -0.2) is 34.0 Å². The Morgan fingerprint density at radius 3 is 2.59 bits per heavy atom. The first-order valence-electron chi connectivity index (χ1n) is 7.72. The van der Waals surface area contributed by atoms with Gasteiger partial charge in [-0.2, -0.15) is 11.8 Å². The van der Waals surface area contributed by atoms with E-state index in [0.29, 0.717) is 12.8 Å². The van der Waals surface area contributed by atoms with Gasteiger partial charge in [0.15, 0.2) is 0 Å². The Morgan fingerprint density at radius 1 is 1.27 bits per heavy atom. The number of carbonyl (C=O) groups excluding carboxylic acids is 1. The fourth-order valence-electron chi connectivity index (χ4n) is 3.27. The van der Waals surface area contributed by atoms with E-state index in [1.54, 1.807) is 11.8 Å². The number of hydrogen-bond donors (Lipinski definition) is 2. The molecule has 22 heavy (non-hydrogen) atoms. The van der Waals surface area contributed by atoms with Crippen molar-refractivity contribution in [3.63, 3.8) is 0 Å². The zero-order valence-corrected chi connectivity index (χ0v) is 13.5. The molecule has 0 spiro atoms. The lowest BCUT2D eigenvalue weighted by atomic mass is 9.92. The fraction of sp³-hybridized carbons (Fsp3) is 0.529. The minimum Gasteiger partial charge on any atom is -0.480 e. The average molecular weight is 319 g/mol. The van der Waals surface area contributed by atoms with Crippen LogP contribution in [0.5, 0.6) is 0 Å². The summed E-state index contributed by atoms with van der Waals surface area (Å²) in [5.74, 6) is 0.755. The highest BCUT2D eigenvalue weighted by Crippen LogP contribution is 2.49. The smallest absolute Gasteiger partial charge is 0.329 e. The molecule has 2 aliphatic rings. The van der Waals surface area contributed by atoms with Crippen molar-refractivity contribution in [2.75, 3.05) is 11.5 Å². The normalized spacial score (nSPS) is 26.2. The summed E-state index contributed by atoms with van der Waals surface area (Å²) in [6.07, 6.45) is 1.85. The Kier molecular flexibility index (Phi) is 4.17. The van der Waals surface area contributed by atoms with Crippen molar-refractivity contribution in [1.29, 1.82) is 0 Å². The molecular weight excluding hydrogens is 298 g/mol. The van der Waals surface area contributed by atoms with E-state index in [9.17, 15) is 14.7 Å². The second-order valence-corrected chi connectivity index (χ2v) is 7.52. The van der Waals surface area contributed by atoms with Crippen LogP contribution >= 0.6 is 11.8 Å². The first kappa shape index (κ1) is 15.4. The zero-order chi connectivity index (χ0) is 15.7.